The maximum Gasteiger partial charge on any atom is 0.325 e. The zero-order chi connectivity index (χ0) is 25.9. The Kier molecular flexibility index (Phi) is 8.12. The number of rotatable bonds is 8. The number of carbonyl (C=O) groups is 2. The lowest BCUT2D eigenvalue weighted by atomic mass is 9.94. The number of carboxylic acid groups (broad SMARTS) is 1. The molecule has 8 heteroatoms. The van der Waals surface area contributed by atoms with Gasteiger partial charge in [0, 0.05) is 22.0 Å². The fourth-order valence-electron chi connectivity index (χ4n) is 3.97. The maximum absolute atomic E-state index is 13.5. The Hall–Kier alpha value is -3.45. The van der Waals surface area contributed by atoms with Crippen molar-refractivity contribution in [2.24, 2.45) is 0 Å². The SMILES string of the molecule is Cc1cc(N(CC(F)F)c2cccc(-c3cc(C)c(C(=O)N[C@@H](C)C(=O)O)c(C)c3)c2)ccc1Cl. The van der Waals surface area contributed by atoms with Gasteiger partial charge in [-0.15, -0.1) is 0 Å². The summed E-state index contributed by atoms with van der Waals surface area (Å²) in [4.78, 5) is 25.3. The van der Waals surface area contributed by atoms with Crippen LogP contribution in [-0.2, 0) is 4.79 Å². The number of alkyl halides is 2. The van der Waals surface area contributed by atoms with Crippen molar-refractivity contribution in [1.82, 2.24) is 5.32 Å². The van der Waals surface area contributed by atoms with Gasteiger partial charge in [0.15, 0.2) is 0 Å². The standard InChI is InChI=1S/C27H27ClF2N2O3/c1-15-12-22(8-9-23(15)28)32(14-24(29)30)21-7-5-6-19(13-21)20-10-16(2)25(17(3)11-20)26(33)31-18(4)27(34)35/h5-13,18,24H,14H2,1-4H3,(H,31,33)(H,34,35)/t18-/m0/s1. The molecule has 35 heavy (non-hydrogen) atoms. The Bertz CT molecular complexity index is 1240. The van der Waals surface area contributed by atoms with Gasteiger partial charge in [-0.3, -0.25) is 9.59 Å². The van der Waals surface area contributed by atoms with Crippen LogP contribution in [0.1, 0.15) is 34.0 Å². The fraction of sp³-hybridized carbons (Fsp3) is 0.259. The number of benzene rings is 3. The number of carboxylic acids is 1. The molecule has 0 heterocycles. The van der Waals surface area contributed by atoms with Crippen molar-refractivity contribution in [1.29, 1.82) is 0 Å². The van der Waals surface area contributed by atoms with Crippen LogP contribution in [0.5, 0.6) is 0 Å². The van der Waals surface area contributed by atoms with Gasteiger partial charge < -0.3 is 15.3 Å². The second-order valence-electron chi connectivity index (χ2n) is 8.50. The molecule has 2 N–H and O–H groups in total. The van der Waals surface area contributed by atoms with Crippen LogP contribution < -0.4 is 10.2 Å². The molecule has 1 amide bonds. The number of anilines is 2. The summed E-state index contributed by atoms with van der Waals surface area (Å²) in [6.07, 6.45) is -2.55. The molecule has 0 saturated carbocycles. The predicted octanol–water partition coefficient (Wildman–Crippen LogP) is 6.54. The highest BCUT2D eigenvalue weighted by Crippen LogP contribution is 2.33. The summed E-state index contributed by atoms with van der Waals surface area (Å²) in [7, 11) is 0. The molecule has 1 atom stereocenters. The van der Waals surface area contributed by atoms with E-state index in [1.807, 2.05) is 31.2 Å². The Balaban J connectivity index is 1.99. The van der Waals surface area contributed by atoms with Crippen LogP contribution in [0.2, 0.25) is 5.02 Å². The molecule has 0 aliphatic heterocycles. The minimum atomic E-state index is -2.55. The molecular weight excluding hydrogens is 474 g/mol. The van der Waals surface area contributed by atoms with Gasteiger partial charge in [-0.25, -0.2) is 8.78 Å². The summed E-state index contributed by atoms with van der Waals surface area (Å²) in [6, 6.07) is 15.1. The Morgan fingerprint density at radius 1 is 0.943 bits per heavy atom. The minimum Gasteiger partial charge on any atom is -0.480 e. The lowest BCUT2D eigenvalue weighted by Gasteiger charge is -2.26. The van der Waals surface area contributed by atoms with Crippen molar-refractivity contribution in [3.05, 3.63) is 81.9 Å². The van der Waals surface area contributed by atoms with Gasteiger partial charge in [0.25, 0.3) is 12.3 Å². The van der Waals surface area contributed by atoms with Crippen LogP contribution in [0.15, 0.2) is 54.6 Å². The average Bonchev–Trinajstić information content (AvgIpc) is 2.78. The third-order valence-electron chi connectivity index (χ3n) is 5.74. The monoisotopic (exact) mass is 500 g/mol. The molecule has 0 unspecified atom stereocenters. The molecule has 3 aromatic rings. The number of carbonyl (C=O) groups excluding carboxylic acids is 1. The molecule has 0 aliphatic carbocycles. The van der Waals surface area contributed by atoms with Gasteiger partial charge in [0.1, 0.15) is 6.04 Å². The van der Waals surface area contributed by atoms with E-state index >= 15 is 0 Å². The van der Waals surface area contributed by atoms with E-state index in [9.17, 15) is 18.4 Å². The van der Waals surface area contributed by atoms with E-state index in [1.165, 1.54) is 6.92 Å². The van der Waals surface area contributed by atoms with Crippen LogP contribution in [0, 0.1) is 20.8 Å². The van der Waals surface area contributed by atoms with Gasteiger partial charge in [-0.05, 0) is 85.8 Å². The molecule has 0 fully saturated rings. The third kappa shape index (κ3) is 6.17. The number of halogens is 3. The molecule has 5 nitrogen and oxygen atoms in total. The highest BCUT2D eigenvalue weighted by atomic mass is 35.5. The largest absolute Gasteiger partial charge is 0.480 e. The third-order valence-corrected chi connectivity index (χ3v) is 6.17. The molecule has 3 aromatic carbocycles. The lowest BCUT2D eigenvalue weighted by molar-refractivity contribution is -0.138. The molecule has 0 saturated heterocycles. The number of hydrogen-bond acceptors (Lipinski definition) is 3. The summed E-state index contributed by atoms with van der Waals surface area (Å²) in [5, 5.41) is 12.1. The maximum atomic E-state index is 13.5. The molecule has 184 valence electrons. The van der Waals surface area contributed by atoms with Crippen molar-refractivity contribution >= 4 is 34.9 Å². The molecule has 0 radical (unpaired) electrons. The number of amides is 1. The summed E-state index contributed by atoms with van der Waals surface area (Å²) in [5.74, 6) is -1.58. The average molecular weight is 501 g/mol. The summed E-state index contributed by atoms with van der Waals surface area (Å²) in [6.45, 7) is 6.30. The highest BCUT2D eigenvalue weighted by Gasteiger charge is 2.20. The Morgan fingerprint density at radius 3 is 2.14 bits per heavy atom. The number of nitrogens with zero attached hydrogens (tertiary/aromatic N) is 1. The molecule has 0 spiro atoms. The number of nitrogens with one attached hydrogen (secondary N) is 1. The minimum absolute atomic E-state index is 0.411. The van der Waals surface area contributed by atoms with Crippen LogP contribution in [-0.4, -0.2) is 36.0 Å². The lowest BCUT2D eigenvalue weighted by Crippen LogP contribution is -2.38. The van der Waals surface area contributed by atoms with Crippen molar-refractivity contribution in [3.63, 3.8) is 0 Å². The van der Waals surface area contributed by atoms with Gasteiger partial charge in [0.05, 0.1) is 6.54 Å². The van der Waals surface area contributed by atoms with Gasteiger partial charge in [0.2, 0.25) is 0 Å². The van der Waals surface area contributed by atoms with Crippen molar-refractivity contribution in [3.8, 4) is 11.1 Å². The zero-order valence-corrected chi connectivity index (χ0v) is 20.7. The quantitative estimate of drug-likeness (QED) is 0.368. The van der Waals surface area contributed by atoms with E-state index in [1.54, 1.807) is 49.1 Å². The van der Waals surface area contributed by atoms with Crippen LogP contribution in [0.3, 0.4) is 0 Å². The first-order chi connectivity index (χ1) is 16.5. The normalized spacial score (nSPS) is 11.9. The van der Waals surface area contributed by atoms with E-state index in [2.05, 4.69) is 5.32 Å². The number of aliphatic carboxylic acids is 1. The van der Waals surface area contributed by atoms with Gasteiger partial charge in [-0.1, -0.05) is 35.9 Å². The van der Waals surface area contributed by atoms with Crippen LogP contribution >= 0.6 is 11.6 Å². The van der Waals surface area contributed by atoms with E-state index in [0.29, 0.717) is 33.1 Å². The van der Waals surface area contributed by atoms with Crippen LogP contribution in [0.25, 0.3) is 11.1 Å². The first-order valence-corrected chi connectivity index (χ1v) is 11.4. The molecule has 3 rings (SSSR count). The van der Waals surface area contributed by atoms with Crippen molar-refractivity contribution in [2.75, 3.05) is 11.4 Å². The smallest absolute Gasteiger partial charge is 0.325 e. The molecule has 0 aliphatic rings. The Labute approximate surface area is 208 Å². The van der Waals surface area contributed by atoms with Crippen LogP contribution in [0.4, 0.5) is 20.2 Å². The second kappa shape index (κ2) is 10.9. The summed E-state index contributed by atoms with van der Waals surface area (Å²) >= 11 is 6.13. The van der Waals surface area contributed by atoms with Gasteiger partial charge in [-0.2, -0.15) is 0 Å². The van der Waals surface area contributed by atoms with Crippen molar-refractivity contribution < 1.29 is 23.5 Å². The van der Waals surface area contributed by atoms with E-state index in [0.717, 1.165) is 16.7 Å². The number of aryl methyl sites for hydroxylation is 3. The molecule has 0 bridgehead atoms. The first-order valence-electron chi connectivity index (χ1n) is 11.0. The molecule has 0 aromatic heterocycles. The Morgan fingerprint density at radius 2 is 1.57 bits per heavy atom. The second-order valence-corrected chi connectivity index (χ2v) is 8.91. The fourth-order valence-corrected chi connectivity index (χ4v) is 4.08. The topological polar surface area (TPSA) is 69.6 Å². The van der Waals surface area contributed by atoms with Gasteiger partial charge >= 0.3 is 5.97 Å². The van der Waals surface area contributed by atoms with E-state index < -0.39 is 30.9 Å². The molecular formula is C27H27ClF2N2O3. The van der Waals surface area contributed by atoms with Crippen molar-refractivity contribution in [2.45, 2.75) is 40.2 Å². The first kappa shape index (κ1) is 26.2. The summed E-state index contributed by atoms with van der Waals surface area (Å²) in [5.41, 5.74) is 5.37. The predicted molar refractivity (Wildman–Crippen MR) is 135 cm³/mol. The number of hydrogen-bond donors (Lipinski definition) is 2. The van der Waals surface area contributed by atoms with E-state index in [-0.39, 0.29) is 0 Å². The highest BCUT2D eigenvalue weighted by molar-refractivity contribution is 6.31. The zero-order valence-electron chi connectivity index (χ0n) is 19.9. The van der Waals surface area contributed by atoms with E-state index in [4.69, 9.17) is 16.7 Å². The summed E-state index contributed by atoms with van der Waals surface area (Å²) < 4.78 is 27.0.